The van der Waals surface area contributed by atoms with E-state index in [2.05, 4.69) is 42.3 Å². The van der Waals surface area contributed by atoms with E-state index in [1.807, 2.05) is 19.2 Å². The zero-order valence-corrected chi connectivity index (χ0v) is 11.6. The fraction of sp³-hybridized carbons (Fsp3) is 0.267. The third kappa shape index (κ3) is 2.71. The smallest absolute Gasteiger partial charge is 0.0751 e. The quantitative estimate of drug-likeness (QED) is 0.911. The largest absolute Gasteiger partial charge is 0.308 e. The van der Waals surface area contributed by atoms with Gasteiger partial charge in [0.05, 0.1) is 16.8 Å². The van der Waals surface area contributed by atoms with E-state index in [0.29, 0.717) is 5.02 Å². The van der Waals surface area contributed by atoms with Crippen molar-refractivity contribution < 1.29 is 0 Å². The van der Waals surface area contributed by atoms with Crippen LogP contribution in [0.1, 0.15) is 28.4 Å². The van der Waals surface area contributed by atoms with Crippen LogP contribution >= 0.6 is 11.6 Å². The van der Waals surface area contributed by atoms with Gasteiger partial charge in [0.25, 0.3) is 0 Å². The van der Waals surface area contributed by atoms with Gasteiger partial charge in [0.2, 0.25) is 0 Å². The number of aryl methyl sites for hydroxylation is 2. The lowest BCUT2D eigenvalue weighted by molar-refractivity contribution is 0.667. The van der Waals surface area contributed by atoms with Crippen molar-refractivity contribution in [1.29, 1.82) is 0 Å². The maximum atomic E-state index is 5.87. The molecule has 2 rings (SSSR count). The lowest BCUT2D eigenvalue weighted by Crippen LogP contribution is -2.19. The van der Waals surface area contributed by atoms with Gasteiger partial charge in [-0.3, -0.25) is 4.98 Å². The standard InChI is InChI=1S/C15H17ClN2/c1-10-4-6-13(11(2)8-10)15(17-3)14-7-5-12(16)9-18-14/h4-9,15,17H,1-3H3. The van der Waals surface area contributed by atoms with E-state index >= 15 is 0 Å². The molecule has 0 amide bonds. The van der Waals surface area contributed by atoms with Crippen LogP contribution in [0.5, 0.6) is 0 Å². The van der Waals surface area contributed by atoms with Gasteiger partial charge in [0, 0.05) is 6.20 Å². The van der Waals surface area contributed by atoms with Crippen molar-refractivity contribution in [3.8, 4) is 0 Å². The molecule has 18 heavy (non-hydrogen) atoms. The minimum absolute atomic E-state index is 0.0999. The number of nitrogens with zero attached hydrogens (tertiary/aromatic N) is 1. The molecule has 1 unspecified atom stereocenters. The Kier molecular flexibility index (Phi) is 4.00. The molecule has 2 nitrogen and oxygen atoms in total. The first-order valence-electron chi connectivity index (χ1n) is 5.97. The molecule has 0 fully saturated rings. The van der Waals surface area contributed by atoms with E-state index in [1.165, 1.54) is 16.7 Å². The molecule has 0 radical (unpaired) electrons. The summed E-state index contributed by atoms with van der Waals surface area (Å²) in [7, 11) is 1.94. The Morgan fingerprint density at radius 3 is 2.50 bits per heavy atom. The normalized spacial score (nSPS) is 12.4. The Hall–Kier alpha value is -1.38. The van der Waals surface area contributed by atoms with Crippen LogP contribution < -0.4 is 5.32 Å². The molecule has 94 valence electrons. The van der Waals surface area contributed by atoms with E-state index in [9.17, 15) is 0 Å². The molecule has 2 aromatic rings. The summed E-state index contributed by atoms with van der Waals surface area (Å²) in [5, 5.41) is 3.97. The number of halogens is 1. The average Bonchev–Trinajstić information content (AvgIpc) is 2.35. The third-order valence-corrected chi connectivity index (χ3v) is 3.29. The lowest BCUT2D eigenvalue weighted by Gasteiger charge is -2.18. The maximum absolute atomic E-state index is 5.87. The number of benzene rings is 1. The van der Waals surface area contributed by atoms with E-state index in [-0.39, 0.29) is 6.04 Å². The molecule has 0 aliphatic rings. The number of pyridine rings is 1. The average molecular weight is 261 g/mol. The van der Waals surface area contributed by atoms with Gasteiger partial charge in [-0.25, -0.2) is 0 Å². The summed E-state index contributed by atoms with van der Waals surface area (Å²) in [6.45, 7) is 4.23. The maximum Gasteiger partial charge on any atom is 0.0751 e. The van der Waals surface area contributed by atoms with Crippen molar-refractivity contribution >= 4 is 11.6 Å². The Morgan fingerprint density at radius 1 is 1.17 bits per heavy atom. The number of hydrogen-bond donors (Lipinski definition) is 1. The molecule has 0 aliphatic carbocycles. The van der Waals surface area contributed by atoms with Gasteiger partial charge < -0.3 is 5.32 Å². The van der Waals surface area contributed by atoms with Gasteiger partial charge in [0.1, 0.15) is 0 Å². The molecule has 1 heterocycles. The Labute approximate surface area is 113 Å². The molecule has 0 saturated carbocycles. The van der Waals surface area contributed by atoms with E-state index in [0.717, 1.165) is 5.69 Å². The van der Waals surface area contributed by atoms with Crippen LogP contribution in [-0.2, 0) is 0 Å². The van der Waals surface area contributed by atoms with E-state index < -0.39 is 0 Å². The monoisotopic (exact) mass is 260 g/mol. The first-order valence-corrected chi connectivity index (χ1v) is 6.35. The minimum atomic E-state index is 0.0999. The molecule has 0 bridgehead atoms. The number of hydrogen-bond acceptors (Lipinski definition) is 2. The first kappa shape index (κ1) is 13.1. The summed E-state index contributed by atoms with van der Waals surface area (Å²) in [5.74, 6) is 0. The van der Waals surface area contributed by atoms with Crippen LogP contribution in [0.2, 0.25) is 5.02 Å². The first-order chi connectivity index (χ1) is 8.61. The Morgan fingerprint density at radius 2 is 1.94 bits per heavy atom. The highest BCUT2D eigenvalue weighted by atomic mass is 35.5. The minimum Gasteiger partial charge on any atom is -0.308 e. The molecule has 1 atom stereocenters. The van der Waals surface area contributed by atoms with Crippen LogP contribution in [0.25, 0.3) is 0 Å². The second-order valence-corrected chi connectivity index (χ2v) is 4.92. The zero-order valence-electron chi connectivity index (χ0n) is 10.9. The van der Waals surface area contributed by atoms with Crippen molar-refractivity contribution in [3.05, 3.63) is 63.9 Å². The highest BCUT2D eigenvalue weighted by Gasteiger charge is 2.15. The molecule has 1 aromatic carbocycles. The topological polar surface area (TPSA) is 24.9 Å². The number of aromatic nitrogens is 1. The molecule has 1 aromatic heterocycles. The van der Waals surface area contributed by atoms with Crippen molar-refractivity contribution in [3.63, 3.8) is 0 Å². The van der Waals surface area contributed by atoms with E-state index in [1.54, 1.807) is 6.20 Å². The van der Waals surface area contributed by atoms with E-state index in [4.69, 9.17) is 11.6 Å². The predicted molar refractivity (Wildman–Crippen MR) is 76.1 cm³/mol. The predicted octanol–water partition coefficient (Wildman–Crippen LogP) is 3.66. The summed E-state index contributed by atoms with van der Waals surface area (Å²) < 4.78 is 0. The highest BCUT2D eigenvalue weighted by molar-refractivity contribution is 6.30. The van der Waals surface area contributed by atoms with Crippen LogP contribution in [-0.4, -0.2) is 12.0 Å². The van der Waals surface area contributed by atoms with Gasteiger partial charge in [-0.2, -0.15) is 0 Å². The van der Waals surface area contributed by atoms with Gasteiger partial charge >= 0.3 is 0 Å². The van der Waals surface area contributed by atoms with Gasteiger partial charge in [-0.15, -0.1) is 0 Å². The van der Waals surface area contributed by atoms with Crippen LogP contribution in [0.15, 0.2) is 36.5 Å². The van der Waals surface area contributed by atoms with Crippen LogP contribution in [0.3, 0.4) is 0 Å². The molecular formula is C15H17ClN2. The molecule has 0 saturated heterocycles. The molecule has 0 spiro atoms. The fourth-order valence-electron chi connectivity index (χ4n) is 2.17. The van der Waals surface area contributed by atoms with Crippen LogP contribution in [0, 0.1) is 13.8 Å². The highest BCUT2D eigenvalue weighted by Crippen LogP contribution is 2.24. The summed E-state index contributed by atoms with van der Waals surface area (Å²) in [6, 6.07) is 10.4. The zero-order chi connectivity index (χ0) is 13.1. The molecule has 1 N–H and O–H groups in total. The SMILES string of the molecule is CNC(c1ccc(Cl)cn1)c1ccc(C)cc1C. The fourth-order valence-corrected chi connectivity index (χ4v) is 2.28. The summed E-state index contributed by atoms with van der Waals surface area (Å²) in [6.07, 6.45) is 1.69. The second-order valence-electron chi connectivity index (χ2n) is 4.48. The number of nitrogens with one attached hydrogen (secondary N) is 1. The van der Waals surface area contributed by atoms with Gasteiger partial charge in [0.15, 0.2) is 0 Å². The summed E-state index contributed by atoms with van der Waals surface area (Å²) >= 11 is 5.87. The Balaban J connectivity index is 2.41. The van der Waals surface area contributed by atoms with Gasteiger partial charge in [-0.05, 0) is 44.2 Å². The second kappa shape index (κ2) is 5.51. The molecule has 0 aliphatic heterocycles. The van der Waals surface area contributed by atoms with Gasteiger partial charge in [-0.1, -0.05) is 35.4 Å². The number of rotatable bonds is 3. The van der Waals surface area contributed by atoms with Crippen molar-refractivity contribution in [2.24, 2.45) is 0 Å². The summed E-state index contributed by atoms with van der Waals surface area (Å²) in [4.78, 5) is 4.39. The third-order valence-electron chi connectivity index (χ3n) is 3.07. The molecular weight excluding hydrogens is 244 g/mol. The van der Waals surface area contributed by atoms with Crippen molar-refractivity contribution in [2.45, 2.75) is 19.9 Å². The summed E-state index contributed by atoms with van der Waals surface area (Å²) in [5.41, 5.74) is 4.77. The lowest BCUT2D eigenvalue weighted by atomic mass is 9.97. The van der Waals surface area contributed by atoms with Crippen LogP contribution in [0.4, 0.5) is 0 Å². The Bertz CT molecular complexity index is 535. The van der Waals surface area contributed by atoms with Crippen molar-refractivity contribution in [2.75, 3.05) is 7.05 Å². The molecule has 3 heteroatoms. The van der Waals surface area contributed by atoms with Crippen molar-refractivity contribution in [1.82, 2.24) is 10.3 Å².